The molecule has 0 spiro atoms. The summed E-state index contributed by atoms with van der Waals surface area (Å²) in [5.41, 5.74) is 1.55. The number of rotatable bonds is 3. The van der Waals surface area contributed by atoms with E-state index in [4.69, 9.17) is 8.92 Å². The highest BCUT2D eigenvalue weighted by atomic mass is 32.3. The lowest BCUT2D eigenvalue weighted by Crippen LogP contribution is -2.55. The van der Waals surface area contributed by atoms with Crippen LogP contribution in [0, 0.1) is 58.7 Å². The van der Waals surface area contributed by atoms with Gasteiger partial charge in [-0.3, -0.25) is 4.79 Å². The lowest BCUT2D eigenvalue weighted by molar-refractivity contribution is -0.160. The monoisotopic (exact) mass is 500 g/mol. The third-order valence-corrected chi connectivity index (χ3v) is 13.9. The molecule has 4 rings (SSSR count). The third-order valence-electron chi connectivity index (χ3n) is 10.4. The van der Waals surface area contributed by atoms with E-state index in [0.29, 0.717) is 41.4 Å². The number of carbonyl (C=O) groups excluding carboxylic acids is 1. The second kappa shape index (κ2) is 9.20. The highest BCUT2D eigenvalue weighted by Crippen LogP contribution is 2.65. The number of hydrogen-bond donors (Lipinski definition) is 0. The van der Waals surface area contributed by atoms with Gasteiger partial charge in [0.15, 0.2) is 0 Å². The van der Waals surface area contributed by atoms with Crippen LogP contribution in [0.25, 0.3) is 0 Å². The molecule has 9 unspecified atom stereocenters. The quantitative estimate of drug-likeness (QED) is 0.297. The van der Waals surface area contributed by atoms with Crippen LogP contribution < -0.4 is 0 Å². The van der Waals surface area contributed by atoms with Gasteiger partial charge in [-0.2, -0.15) is 0 Å². The van der Waals surface area contributed by atoms with Crippen molar-refractivity contribution in [1.82, 2.24) is 0 Å². The minimum atomic E-state index is -1.27. The zero-order valence-corrected chi connectivity index (χ0v) is 24.6. The summed E-state index contributed by atoms with van der Waals surface area (Å²) in [6.07, 6.45) is 13.2. The third kappa shape index (κ3) is 4.60. The molecule has 0 saturated heterocycles. The van der Waals surface area contributed by atoms with Crippen LogP contribution in [0.2, 0.25) is 0 Å². The summed E-state index contributed by atoms with van der Waals surface area (Å²) >= 11 is 0. The Morgan fingerprint density at radius 2 is 1.83 bits per heavy atom. The van der Waals surface area contributed by atoms with Crippen LogP contribution in [0.1, 0.15) is 81.1 Å². The van der Waals surface area contributed by atoms with Crippen LogP contribution >= 0.6 is 10.3 Å². The van der Waals surface area contributed by atoms with Gasteiger partial charge in [-0.1, -0.05) is 49.8 Å². The van der Waals surface area contributed by atoms with E-state index in [1.165, 1.54) is 5.57 Å². The minimum Gasteiger partial charge on any atom is -0.462 e. The highest BCUT2D eigenvalue weighted by molar-refractivity contribution is 8.29. The van der Waals surface area contributed by atoms with Gasteiger partial charge < -0.3 is 8.92 Å². The molecule has 4 heteroatoms. The molecular weight excluding hydrogens is 452 g/mol. The molecule has 3 fully saturated rings. The van der Waals surface area contributed by atoms with Crippen molar-refractivity contribution < 1.29 is 13.7 Å². The number of ether oxygens (including phenoxy) is 1. The van der Waals surface area contributed by atoms with Crippen LogP contribution in [0.3, 0.4) is 0 Å². The van der Waals surface area contributed by atoms with Gasteiger partial charge in [0.25, 0.3) is 0 Å². The molecule has 35 heavy (non-hydrogen) atoms. The summed E-state index contributed by atoms with van der Waals surface area (Å²) in [6.45, 7) is 18.1. The maximum Gasteiger partial charge on any atom is 0.302 e. The molecule has 3 nitrogen and oxygen atoms in total. The fraction of sp³-hybridized carbons (Fsp3) is 0.774. The van der Waals surface area contributed by atoms with E-state index < -0.39 is 10.3 Å². The van der Waals surface area contributed by atoms with Gasteiger partial charge in [0.05, 0.1) is 0 Å². The highest BCUT2D eigenvalue weighted by Gasteiger charge is 2.61. The van der Waals surface area contributed by atoms with E-state index in [1.54, 1.807) is 6.92 Å². The molecule has 0 amide bonds. The van der Waals surface area contributed by atoms with Gasteiger partial charge in [0.2, 0.25) is 0 Å². The Labute approximate surface area is 216 Å². The predicted octanol–water partition coefficient (Wildman–Crippen LogP) is 7.52. The summed E-state index contributed by atoms with van der Waals surface area (Å²) in [5, 5.41) is 0. The van der Waals surface area contributed by atoms with Crippen LogP contribution in [-0.2, 0) is 13.7 Å². The van der Waals surface area contributed by atoms with Crippen LogP contribution in [0.5, 0.6) is 0 Å². The Bertz CT molecular complexity index is 973. The van der Waals surface area contributed by atoms with Crippen molar-refractivity contribution in [2.45, 2.75) is 91.9 Å². The zero-order valence-electron chi connectivity index (χ0n) is 23.7. The largest absolute Gasteiger partial charge is 0.462 e. The Morgan fingerprint density at radius 1 is 1.14 bits per heavy atom. The summed E-state index contributed by atoms with van der Waals surface area (Å²) in [7, 11) is -1.27. The molecule has 9 atom stereocenters. The van der Waals surface area contributed by atoms with E-state index in [9.17, 15) is 4.79 Å². The number of fused-ring (bicyclic) bond motifs is 5. The molecule has 0 aromatic heterocycles. The topological polar surface area (TPSA) is 35.5 Å². The first-order chi connectivity index (χ1) is 16.2. The van der Waals surface area contributed by atoms with E-state index in [0.717, 1.165) is 31.4 Å². The summed E-state index contributed by atoms with van der Waals surface area (Å²) in [5.74, 6) is 11.8. The molecule has 0 aliphatic heterocycles. The van der Waals surface area contributed by atoms with Crippen LogP contribution in [-0.4, -0.2) is 29.3 Å². The standard InChI is InChI=1S/C31H48O3S/c1-19-18-31(8)26(15-16-27(31)33-22(4)32)29-21(3)20(2)25-17-23(34-35(9,10)30(5,6)7)13-11-12-14-24(25)28(19)29/h13,17,19-21,24,26-29H,11,15-16,18H2,1-10H3/b23-13+,25-17-. The lowest BCUT2D eigenvalue weighted by Gasteiger charge is -2.58. The number of esters is 1. The second-order valence-corrected chi connectivity index (χ2v) is 17.3. The molecule has 0 bridgehead atoms. The van der Waals surface area contributed by atoms with Crippen molar-refractivity contribution in [3.63, 3.8) is 0 Å². The van der Waals surface area contributed by atoms with Gasteiger partial charge in [-0.25, -0.2) is 0 Å². The van der Waals surface area contributed by atoms with Gasteiger partial charge in [-0.15, -0.1) is 0 Å². The van der Waals surface area contributed by atoms with Gasteiger partial charge in [0.1, 0.15) is 11.9 Å². The Balaban J connectivity index is 1.70. The normalized spacial score (nSPS) is 44.4. The fourth-order valence-corrected chi connectivity index (χ4v) is 8.64. The van der Waals surface area contributed by atoms with Gasteiger partial charge >= 0.3 is 5.97 Å². The number of carbonyl (C=O) groups is 1. The molecule has 4 aliphatic rings. The first-order valence-corrected chi connectivity index (χ1v) is 16.0. The summed E-state index contributed by atoms with van der Waals surface area (Å²) in [4.78, 5) is 11.9. The first-order valence-electron chi connectivity index (χ1n) is 13.7. The molecule has 196 valence electrons. The summed E-state index contributed by atoms with van der Waals surface area (Å²) in [6, 6.07) is 0. The predicted molar refractivity (Wildman–Crippen MR) is 148 cm³/mol. The van der Waals surface area contributed by atoms with Crippen LogP contribution in [0.15, 0.2) is 23.5 Å². The van der Waals surface area contributed by atoms with Crippen LogP contribution in [0.4, 0.5) is 0 Å². The van der Waals surface area contributed by atoms with E-state index in [2.05, 4.69) is 85.0 Å². The van der Waals surface area contributed by atoms with E-state index in [-0.39, 0.29) is 22.2 Å². The molecule has 0 N–H and O–H groups in total. The Hall–Kier alpha value is -1.34. The molecular formula is C31H48O3S. The molecule has 0 heterocycles. The van der Waals surface area contributed by atoms with Crippen molar-refractivity contribution in [3.05, 3.63) is 23.5 Å². The van der Waals surface area contributed by atoms with Crippen molar-refractivity contribution in [3.8, 4) is 11.8 Å². The Morgan fingerprint density at radius 3 is 2.46 bits per heavy atom. The summed E-state index contributed by atoms with van der Waals surface area (Å²) < 4.78 is 12.8. The zero-order chi connectivity index (χ0) is 25.9. The minimum absolute atomic E-state index is 0.0572. The molecule has 4 aliphatic carbocycles. The van der Waals surface area contributed by atoms with E-state index >= 15 is 0 Å². The number of hydrogen-bond acceptors (Lipinski definition) is 3. The van der Waals surface area contributed by atoms with Crippen molar-refractivity contribution in [1.29, 1.82) is 0 Å². The average molecular weight is 501 g/mol. The first kappa shape index (κ1) is 26.7. The van der Waals surface area contributed by atoms with Crippen molar-refractivity contribution in [2.24, 2.45) is 46.8 Å². The van der Waals surface area contributed by atoms with Crippen molar-refractivity contribution in [2.75, 3.05) is 12.5 Å². The van der Waals surface area contributed by atoms with Crippen molar-refractivity contribution >= 4 is 16.3 Å². The average Bonchev–Trinajstić information content (AvgIpc) is 3.02. The second-order valence-electron chi connectivity index (χ2n) is 13.5. The fourth-order valence-electron chi connectivity index (χ4n) is 7.79. The molecule has 3 saturated carbocycles. The smallest absolute Gasteiger partial charge is 0.302 e. The van der Waals surface area contributed by atoms with Gasteiger partial charge in [-0.05, 0) is 106 Å². The molecule has 0 aromatic carbocycles. The molecule has 0 aromatic rings. The SMILES string of the molecule is CC(=O)OC1CCC2C3C(C)C(C)/C4=C/C(OS(C)(C)C(C)(C)C)=C\CC#CC4C3C(C)CC12C. The van der Waals surface area contributed by atoms with E-state index in [1.807, 2.05) is 0 Å². The number of allylic oxidation sites excluding steroid dienone is 3. The van der Waals surface area contributed by atoms with Gasteiger partial charge in [0, 0.05) is 29.4 Å². The Kier molecular flexibility index (Phi) is 7.02. The molecule has 0 radical (unpaired) electrons. The lowest BCUT2D eigenvalue weighted by atomic mass is 9.46. The maximum atomic E-state index is 11.9. The maximum absolute atomic E-state index is 11.9.